The first kappa shape index (κ1) is 15.3. The van der Waals surface area contributed by atoms with Crippen LogP contribution in [0.5, 0.6) is 5.75 Å². The number of hydrogen-bond acceptors (Lipinski definition) is 6. The van der Waals surface area contributed by atoms with E-state index in [2.05, 4.69) is 4.98 Å². The maximum atomic E-state index is 6.15. The summed E-state index contributed by atoms with van der Waals surface area (Å²) in [6, 6.07) is 15.6. The molecule has 0 fully saturated rings. The van der Waals surface area contributed by atoms with Gasteiger partial charge in [0.2, 0.25) is 6.35 Å². The molecule has 6 heteroatoms. The molecule has 0 spiro atoms. The van der Waals surface area contributed by atoms with E-state index >= 15 is 0 Å². The minimum atomic E-state index is -0.601. The fraction of sp³-hybridized carbons (Fsp3) is 0.105. The zero-order valence-electron chi connectivity index (χ0n) is 13.6. The Hall–Kier alpha value is -3.25. The summed E-state index contributed by atoms with van der Waals surface area (Å²) in [4.78, 5) is 5.80. The second kappa shape index (κ2) is 6.33. The number of benzene rings is 2. The van der Waals surface area contributed by atoms with Gasteiger partial charge in [-0.2, -0.15) is 0 Å². The first-order valence-corrected chi connectivity index (χ1v) is 7.81. The molecule has 0 saturated heterocycles. The maximum absolute atomic E-state index is 6.15. The predicted octanol–water partition coefficient (Wildman–Crippen LogP) is 3.43. The maximum Gasteiger partial charge on any atom is 0.231 e. The van der Waals surface area contributed by atoms with E-state index in [1.807, 2.05) is 59.6 Å². The molecule has 0 aliphatic carbocycles. The van der Waals surface area contributed by atoms with Gasteiger partial charge in [-0.05, 0) is 12.1 Å². The van der Waals surface area contributed by atoms with Crippen LogP contribution in [0.3, 0.4) is 0 Å². The van der Waals surface area contributed by atoms with Crippen LogP contribution in [0.25, 0.3) is 17.1 Å². The molecule has 1 aliphatic rings. The van der Waals surface area contributed by atoms with Crippen LogP contribution in [-0.2, 0) is 4.74 Å². The number of oxazole rings is 1. The number of methoxy groups -OCH3 is 1. The molecule has 6 nitrogen and oxygen atoms in total. The van der Waals surface area contributed by atoms with Crippen LogP contribution < -0.4 is 15.4 Å². The predicted molar refractivity (Wildman–Crippen MR) is 94.4 cm³/mol. The highest BCUT2D eigenvalue weighted by atomic mass is 16.5. The lowest BCUT2D eigenvalue weighted by Gasteiger charge is -2.21. The fourth-order valence-corrected chi connectivity index (χ4v) is 2.78. The second-order valence-electron chi connectivity index (χ2n) is 5.53. The second-order valence-corrected chi connectivity index (χ2v) is 5.53. The Balaban J connectivity index is 1.69. The van der Waals surface area contributed by atoms with E-state index in [1.165, 1.54) is 6.39 Å². The van der Waals surface area contributed by atoms with Crippen LogP contribution in [0.4, 0.5) is 5.69 Å². The monoisotopic (exact) mass is 335 g/mol. The Kier molecular flexibility index (Phi) is 3.87. The lowest BCUT2D eigenvalue weighted by Crippen LogP contribution is -2.36. The Bertz CT molecular complexity index is 892. The molecule has 1 unspecified atom stereocenters. The summed E-state index contributed by atoms with van der Waals surface area (Å²) < 4.78 is 16.6. The Labute approximate surface area is 145 Å². The van der Waals surface area contributed by atoms with Gasteiger partial charge in [-0.15, -0.1) is 0 Å². The Morgan fingerprint density at radius 2 is 2.00 bits per heavy atom. The van der Waals surface area contributed by atoms with Crippen molar-refractivity contribution in [2.45, 2.75) is 6.35 Å². The molecule has 2 heterocycles. The molecule has 0 amide bonds. The molecule has 0 radical (unpaired) electrons. The molecule has 3 aromatic rings. The van der Waals surface area contributed by atoms with Crippen molar-refractivity contribution in [2.24, 2.45) is 5.73 Å². The van der Waals surface area contributed by atoms with E-state index < -0.39 is 6.35 Å². The van der Waals surface area contributed by atoms with Gasteiger partial charge in [-0.3, -0.25) is 10.6 Å². The van der Waals surface area contributed by atoms with Crippen molar-refractivity contribution in [3.8, 4) is 17.1 Å². The molecule has 2 N–H and O–H groups in total. The molecule has 1 atom stereocenters. The quantitative estimate of drug-likeness (QED) is 0.787. The van der Waals surface area contributed by atoms with Gasteiger partial charge < -0.3 is 13.9 Å². The molecule has 1 aromatic heterocycles. The normalized spacial score (nSPS) is 16.5. The van der Waals surface area contributed by atoms with E-state index in [4.69, 9.17) is 19.6 Å². The minimum absolute atomic E-state index is 0.601. The molecular weight excluding hydrogens is 318 g/mol. The van der Waals surface area contributed by atoms with Crippen molar-refractivity contribution in [1.29, 1.82) is 0 Å². The van der Waals surface area contributed by atoms with Crippen LogP contribution in [0.2, 0.25) is 0 Å². The Morgan fingerprint density at radius 1 is 1.16 bits per heavy atom. The topological polar surface area (TPSA) is 73.8 Å². The molecule has 0 saturated carbocycles. The third-order valence-corrected chi connectivity index (χ3v) is 4.02. The van der Waals surface area contributed by atoms with E-state index in [0.29, 0.717) is 11.5 Å². The molecule has 2 aromatic carbocycles. The number of hydrogen-bond donors (Lipinski definition) is 1. The summed E-state index contributed by atoms with van der Waals surface area (Å²) in [5.74, 6) is 2.04. The average Bonchev–Trinajstić information content (AvgIpc) is 3.32. The number of nitrogens with zero attached hydrogens (tertiary/aromatic N) is 2. The lowest BCUT2D eigenvalue weighted by atomic mass is 10.1. The van der Waals surface area contributed by atoms with Gasteiger partial charge in [0.05, 0.1) is 25.1 Å². The summed E-state index contributed by atoms with van der Waals surface area (Å²) in [5, 5.41) is 0. The first-order valence-electron chi connectivity index (χ1n) is 7.81. The van der Waals surface area contributed by atoms with E-state index in [0.717, 1.165) is 22.6 Å². The number of ether oxygens (including phenoxy) is 2. The van der Waals surface area contributed by atoms with Gasteiger partial charge >= 0.3 is 0 Å². The number of anilines is 1. The van der Waals surface area contributed by atoms with Crippen molar-refractivity contribution >= 4 is 11.4 Å². The minimum Gasteiger partial charge on any atom is -0.496 e. The number of rotatable bonds is 4. The van der Waals surface area contributed by atoms with Crippen molar-refractivity contribution in [3.63, 3.8) is 0 Å². The van der Waals surface area contributed by atoms with E-state index in [9.17, 15) is 0 Å². The van der Waals surface area contributed by atoms with Crippen LogP contribution >= 0.6 is 0 Å². The smallest absolute Gasteiger partial charge is 0.231 e. The third-order valence-electron chi connectivity index (χ3n) is 4.02. The van der Waals surface area contributed by atoms with Gasteiger partial charge in [-0.25, -0.2) is 4.98 Å². The number of nitrogens with two attached hydrogens (primary N) is 1. The van der Waals surface area contributed by atoms with Crippen molar-refractivity contribution in [1.82, 2.24) is 4.98 Å². The molecule has 0 bridgehead atoms. The first-order chi connectivity index (χ1) is 12.3. The molecule has 1 aliphatic heterocycles. The van der Waals surface area contributed by atoms with Gasteiger partial charge in [0, 0.05) is 17.3 Å². The highest BCUT2D eigenvalue weighted by Crippen LogP contribution is 2.36. The number of aromatic nitrogens is 1. The van der Waals surface area contributed by atoms with Crippen molar-refractivity contribution < 1.29 is 13.9 Å². The van der Waals surface area contributed by atoms with Crippen LogP contribution in [0.15, 0.2) is 71.7 Å². The van der Waals surface area contributed by atoms with Crippen LogP contribution in [0.1, 0.15) is 5.56 Å². The molecule has 126 valence electrons. The summed E-state index contributed by atoms with van der Waals surface area (Å²) in [5.41, 5.74) is 8.81. The standard InChI is InChI=1S/C19H17N3O3/c1-23-16-9-14(7-8-15(16)17-10-21-12-24-17)22-11-18(25-19(22)20)13-5-3-2-4-6-13/h2-12,19H,20H2,1H3. The van der Waals surface area contributed by atoms with Gasteiger partial charge in [0.15, 0.2) is 12.2 Å². The van der Waals surface area contributed by atoms with Gasteiger partial charge in [-0.1, -0.05) is 30.3 Å². The highest BCUT2D eigenvalue weighted by Gasteiger charge is 2.25. The van der Waals surface area contributed by atoms with Gasteiger partial charge in [0.1, 0.15) is 11.5 Å². The third kappa shape index (κ3) is 2.83. The van der Waals surface area contributed by atoms with E-state index in [1.54, 1.807) is 13.3 Å². The van der Waals surface area contributed by atoms with Gasteiger partial charge in [0.25, 0.3) is 0 Å². The molecular formula is C19H17N3O3. The van der Waals surface area contributed by atoms with Crippen molar-refractivity contribution in [2.75, 3.05) is 12.0 Å². The fourth-order valence-electron chi connectivity index (χ4n) is 2.78. The SMILES string of the molecule is COc1cc(N2C=C(c3ccccc3)OC2N)ccc1-c1cnco1. The highest BCUT2D eigenvalue weighted by molar-refractivity contribution is 5.73. The van der Waals surface area contributed by atoms with E-state index in [-0.39, 0.29) is 0 Å². The largest absolute Gasteiger partial charge is 0.496 e. The zero-order chi connectivity index (χ0) is 17.2. The zero-order valence-corrected chi connectivity index (χ0v) is 13.6. The molecule has 25 heavy (non-hydrogen) atoms. The molecule has 4 rings (SSSR count). The summed E-state index contributed by atoms with van der Waals surface area (Å²) in [7, 11) is 1.62. The van der Waals surface area contributed by atoms with Crippen LogP contribution in [0, 0.1) is 0 Å². The summed E-state index contributed by atoms with van der Waals surface area (Å²) >= 11 is 0. The van der Waals surface area contributed by atoms with Crippen molar-refractivity contribution in [3.05, 3.63) is 72.9 Å². The Morgan fingerprint density at radius 3 is 2.72 bits per heavy atom. The lowest BCUT2D eigenvalue weighted by molar-refractivity contribution is 0.199. The summed E-state index contributed by atoms with van der Waals surface area (Å²) in [6.45, 7) is 0. The average molecular weight is 335 g/mol. The summed E-state index contributed by atoms with van der Waals surface area (Å²) in [6.07, 6.45) is 4.33. The van der Waals surface area contributed by atoms with Crippen LogP contribution in [-0.4, -0.2) is 18.4 Å².